The molecule has 15 heavy (non-hydrogen) atoms. The summed E-state index contributed by atoms with van der Waals surface area (Å²) in [5, 5.41) is 3.47. The molecule has 0 aliphatic carbocycles. The minimum absolute atomic E-state index is 0.699. The SMILES string of the molecule is CCC(C)CNc1c(Br)cc(C)cc1Br. The Labute approximate surface area is 109 Å². The normalized spacial score (nSPS) is 12.6. The lowest BCUT2D eigenvalue weighted by atomic mass is 10.1. The van der Waals surface area contributed by atoms with Crippen molar-refractivity contribution >= 4 is 37.5 Å². The molecule has 1 N–H and O–H groups in total. The first-order valence-electron chi connectivity index (χ1n) is 5.24. The van der Waals surface area contributed by atoms with Crippen LogP contribution in [0, 0.1) is 12.8 Å². The van der Waals surface area contributed by atoms with Crippen LogP contribution in [0.1, 0.15) is 25.8 Å². The van der Waals surface area contributed by atoms with Gasteiger partial charge < -0.3 is 5.32 Å². The summed E-state index contributed by atoms with van der Waals surface area (Å²) in [4.78, 5) is 0. The molecule has 0 saturated heterocycles. The van der Waals surface area contributed by atoms with Crippen molar-refractivity contribution < 1.29 is 0 Å². The van der Waals surface area contributed by atoms with E-state index in [2.05, 4.69) is 70.1 Å². The van der Waals surface area contributed by atoms with Crippen LogP contribution in [0.3, 0.4) is 0 Å². The maximum atomic E-state index is 3.58. The van der Waals surface area contributed by atoms with Crippen molar-refractivity contribution in [3.05, 3.63) is 26.6 Å². The Bertz CT molecular complexity index is 313. The molecule has 3 heteroatoms. The maximum Gasteiger partial charge on any atom is 0.0629 e. The second-order valence-electron chi connectivity index (χ2n) is 4.00. The molecule has 1 unspecified atom stereocenters. The van der Waals surface area contributed by atoms with Gasteiger partial charge in [0.05, 0.1) is 5.69 Å². The maximum absolute atomic E-state index is 3.58. The van der Waals surface area contributed by atoms with Gasteiger partial charge in [-0.15, -0.1) is 0 Å². The van der Waals surface area contributed by atoms with E-state index in [-0.39, 0.29) is 0 Å². The zero-order valence-corrected chi connectivity index (χ0v) is 12.6. The van der Waals surface area contributed by atoms with Gasteiger partial charge >= 0.3 is 0 Å². The van der Waals surface area contributed by atoms with Gasteiger partial charge in [0.1, 0.15) is 0 Å². The molecule has 0 spiro atoms. The molecular weight excluding hydrogens is 318 g/mol. The molecule has 0 aromatic heterocycles. The Kier molecular flexibility index (Phi) is 5.13. The van der Waals surface area contributed by atoms with Crippen LogP contribution in [-0.2, 0) is 0 Å². The summed E-state index contributed by atoms with van der Waals surface area (Å²) in [5.41, 5.74) is 2.41. The number of anilines is 1. The van der Waals surface area contributed by atoms with Crippen LogP contribution in [0.4, 0.5) is 5.69 Å². The number of halogens is 2. The molecule has 84 valence electrons. The first-order valence-corrected chi connectivity index (χ1v) is 6.82. The molecule has 0 radical (unpaired) electrons. The molecule has 1 aromatic rings. The summed E-state index contributed by atoms with van der Waals surface area (Å²) < 4.78 is 2.25. The molecule has 1 atom stereocenters. The summed E-state index contributed by atoms with van der Waals surface area (Å²) in [6.07, 6.45) is 1.20. The zero-order chi connectivity index (χ0) is 11.4. The van der Waals surface area contributed by atoms with Crippen molar-refractivity contribution in [1.82, 2.24) is 0 Å². The van der Waals surface area contributed by atoms with Crippen molar-refractivity contribution in [2.24, 2.45) is 5.92 Å². The molecule has 0 amide bonds. The van der Waals surface area contributed by atoms with Crippen LogP contribution in [-0.4, -0.2) is 6.54 Å². The van der Waals surface area contributed by atoms with Gasteiger partial charge in [-0.1, -0.05) is 20.3 Å². The van der Waals surface area contributed by atoms with Crippen molar-refractivity contribution in [2.75, 3.05) is 11.9 Å². The Balaban J connectivity index is 2.77. The summed E-state index contributed by atoms with van der Waals surface area (Å²) in [6, 6.07) is 4.26. The molecule has 0 aliphatic heterocycles. The van der Waals surface area contributed by atoms with Crippen LogP contribution >= 0.6 is 31.9 Å². The van der Waals surface area contributed by atoms with E-state index in [4.69, 9.17) is 0 Å². The van der Waals surface area contributed by atoms with Crippen LogP contribution in [0.25, 0.3) is 0 Å². The molecular formula is C12H17Br2N. The van der Waals surface area contributed by atoms with Gasteiger partial charge in [-0.25, -0.2) is 0 Å². The van der Waals surface area contributed by atoms with Crippen molar-refractivity contribution in [3.8, 4) is 0 Å². The van der Waals surface area contributed by atoms with Crippen LogP contribution < -0.4 is 5.32 Å². The van der Waals surface area contributed by atoms with E-state index >= 15 is 0 Å². The average molecular weight is 335 g/mol. The third-order valence-corrected chi connectivity index (χ3v) is 3.76. The lowest BCUT2D eigenvalue weighted by Crippen LogP contribution is -2.11. The number of rotatable bonds is 4. The zero-order valence-electron chi connectivity index (χ0n) is 9.40. The van der Waals surface area contributed by atoms with Gasteiger partial charge in [-0.3, -0.25) is 0 Å². The topological polar surface area (TPSA) is 12.0 Å². The molecule has 1 aromatic carbocycles. The van der Waals surface area contributed by atoms with E-state index < -0.39 is 0 Å². The first-order chi connectivity index (χ1) is 7.04. The third kappa shape index (κ3) is 3.80. The highest BCUT2D eigenvalue weighted by Crippen LogP contribution is 2.32. The summed E-state index contributed by atoms with van der Waals surface area (Å²) >= 11 is 7.15. The predicted molar refractivity (Wildman–Crippen MR) is 74.5 cm³/mol. The lowest BCUT2D eigenvalue weighted by Gasteiger charge is -2.14. The summed E-state index contributed by atoms with van der Waals surface area (Å²) in [6.45, 7) is 7.57. The van der Waals surface area contributed by atoms with E-state index in [0.717, 1.165) is 21.2 Å². The average Bonchev–Trinajstić information content (AvgIpc) is 2.15. The minimum Gasteiger partial charge on any atom is -0.383 e. The van der Waals surface area contributed by atoms with Crippen molar-refractivity contribution in [3.63, 3.8) is 0 Å². The molecule has 1 nitrogen and oxygen atoms in total. The van der Waals surface area contributed by atoms with Gasteiger partial charge in [0.25, 0.3) is 0 Å². The number of hydrogen-bond acceptors (Lipinski definition) is 1. The number of aryl methyl sites for hydroxylation is 1. The Morgan fingerprint density at radius 2 is 1.80 bits per heavy atom. The van der Waals surface area contributed by atoms with E-state index in [1.807, 2.05) is 0 Å². The van der Waals surface area contributed by atoms with Crippen LogP contribution in [0.15, 0.2) is 21.1 Å². The van der Waals surface area contributed by atoms with Crippen LogP contribution in [0.2, 0.25) is 0 Å². The fourth-order valence-corrected chi connectivity index (χ4v) is 2.99. The van der Waals surface area contributed by atoms with Gasteiger partial charge in [-0.2, -0.15) is 0 Å². The number of benzene rings is 1. The Morgan fingerprint density at radius 3 is 2.27 bits per heavy atom. The summed E-state index contributed by atoms with van der Waals surface area (Å²) in [5.74, 6) is 0.699. The minimum atomic E-state index is 0.699. The van der Waals surface area contributed by atoms with Crippen molar-refractivity contribution in [2.45, 2.75) is 27.2 Å². The lowest BCUT2D eigenvalue weighted by molar-refractivity contribution is 0.593. The molecule has 0 fully saturated rings. The van der Waals surface area contributed by atoms with Gasteiger partial charge in [0.2, 0.25) is 0 Å². The number of nitrogens with one attached hydrogen (secondary N) is 1. The molecule has 0 saturated carbocycles. The highest BCUT2D eigenvalue weighted by Gasteiger charge is 2.06. The molecule has 0 heterocycles. The van der Waals surface area contributed by atoms with E-state index in [9.17, 15) is 0 Å². The highest BCUT2D eigenvalue weighted by molar-refractivity contribution is 9.11. The molecule has 0 aliphatic rings. The largest absolute Gasteiger partial charge is 0.383 e. The van der Waals surface area contributed by atoms with Gasteiger partial charge in [-0.05, 0) is 62.4 Å². The monoisotopic (exact) mass is 333 g/mol. The summed E-state index contributed by atoms with van der Waals surface area (Å²) in [7, 11) is 0. The standard InChI is InChI=1S/C12H17Br2N/c1-4-8(2)7-15-12-10(13)5-9(3)6-11(12)14/h5-6,8,15H,4,7H2,1-3H3. The van der Waals surface area contributed by atoms with E-state index in [1.165, 1.54) is 12.0 Å². The van der Waals surface area contributed by atoms with Gasteiger partial charge in [0.15, 0.2) is 0 Å². The smallest absolute Gasteiger partial charge is 0.0629 e. The fourth-order valence-electron chi connectivity index (χ4n) is 1.29. The van der Waals surface area contributed by atoms with Crippen molar-refractivity contribution in [1.29, 1.82) is 0 Å². The highest BCUT2D eigenvalue weighted by atomic mass is 79.9. The quantitative estimate of drug-likeness (QED) is 0.818. The second-order valence-corrected chi connectivity index (χ2v) is 5.71. The van der Waals surface area contributed by atoms with E-state index in [1.54, 1.807) is 0 Å². The van der Waals surface area contributed by atoms with Crippen LogP contribution in [0.5, 0.6) is 0 Å². The number of hydrogen-bond donors (Lipinski definition) is 1. The fraction of sp³-hybridized carbons (Fsp3) is 0.500. The van der Waals surface area contributed by atoms with E-state index in [0.29, 0.717) is 5.92 Å². The molecule has 1 rings (SSSR count). The predicted octanol–water partition coefficient (Wildman–Crippen LogP) is 4.98. The Hall–Kier alpha value is -0.0200. The second kappa shape index (κ2) is 5.90. The molecule has 0 bridgehead atoms. The van der Waals surface area contributed by atoms with Gasteiger partial charge in [0, 0.05) is 15.5 Å². The third-order valence-electron chi connectivity index (χ3n) is 2.51. The first kappa shape index (κ1) is 13.0. The Morgan fingerprint density at radius 1 is 1.27 bits per heavy atom.